The Morgan fingerprint density at radius 3 is 2.62 bits per heavy atom. The summed E-state index contributed by atoms with van der Waals surface area (Å²) in [4.78, 5) is 36.1. The van der Waals surface area contributed by atoms with Gasteiger partial charge in [-0.15, -0.1) is 0 Å². The highest BCUT2D eigenvalue weighted by atomic mass is 32.2. The largest absolute Gasteiger partial charge is 0.494 e. The number of nitrogens with one attached hydrogen (secondary N) is 2. The van der Waals surface area contributed by atoms with Crippen LogP contribution < -0.4 is 20.4 Å². The average molecular weight is 569 g/mol. The highest BCUT2D eigenvalue weighted by Crippen LogP contribution is 2.43. The van der Waals surface area contributed by atoms with Crippen LogP contribution in [0.2, 0.25) is 0 Å². The molecule has 2 aromatic heterocycles. The van der Waals surface area contributed by atoms with E-state index in [1.165, 1.54) is 37.3 Å². The first-order valence-corrected chi connectivity index (χ1v) is 14.2. The fourth-order valence-electron chi connectivity index (χ4n) is 4.79. The van der Waals surface area contributed by atoms with Crippen molar-refractivity contribution in [3.05, 3.63) is 35.8 Å². The van der Waals surface area contributed by atoms with Gasteiger partial charge in [-0.25, -0.2) is 13.8 Å². The Hall–Kier alpha value is -3.72. The number of thioether (sulfide) groups is 1. The topological polar surface area (TPSA) is 109 Å². The third-order valence-electron chi connectivity index (χ3n) is 7.05. The summed E-state index contributed by atoms with van der Waals surface area (Å²) in [5.74, 6) is 7.11. The lowest BCUT2D eigenvalue weighted by Crippen LogP contribution is -2.53. The lowest BCUT2D eigenvalue weighted by molar-refractivity contribution is -0.130. The monoisotopic (exact) mass is 568 g/mol. The minimum Gasteiger partial charge on any atom is -0.494 e. The maximum absolute atomic E-state index is 13.6. The molecule has 2 amide bonds. The molecule has 2 saturated carbocycles. The summed E-state index contributed by atoms with van der Waals surface area (Å²) in [6.45, 7) is 4.53. The van der Waals surface area contributed by atoms with Gasteiger partial charge in [0.25, 0.3) is 12.3 Å². The van der Waals surface area contributed by atoms with E-state index in [1.807, 2.05) is 13.8 Å². The number of halogens is 2. The first-order chi connectivity index (χ1) is 19.4. The Balaban J connectivity index is 0.00000158. The van der Waals surface area contributed by atoms with Gasteiger partial charge >= 0.3 is 0 Å². The lowest BCUT2D eigenvalue weighted by Gasteiger charge is -2.45. The van der Waals surface area contributed by atoms with E-state index >= 15 is 0 Å². The van der Waals surface area contributed by atoms with E-state index < -0.39 is 18.0 Å². The van der Waals surface area contributed by atoms with Crippen molar-refractivity contribution in [1.29, 1.82) is 0 Å². The van der Waals surface area contributed by atoms with Crippen LogP contribution in [0, 0.1) is 29.6 Å². The van der Waals surface area contributed by atoms with Crippen LogP contribution in [0.1, 0.15) is 62.0 Å². The molecule has 0 spiro atoms. The van der Waals surface area contributed by atoms with Crippen LogP contribution in [-0.4, -0.2) is 46.0 Å². The third-order valence-corrected chi connectivity index (χ3v) is 7.93. The van der Waals surface area contributed by atoms with Gasteiger partial charge in [0.15, 0.2) is 10.5 Å². The van der Waals surface area contributed by atoms with Crippen molar-refractivity contribution in [3.8, 4) is 28.7 Å². The van der Waals surface area contributed by atoms with Gasteiger partial charge in [-0.1, -0.05) is 25.7 Å². The second kappa shape index (κ2) is 11.8. The van der Waals surface area contributed by atoms with E-state index in [4.69, 9.17) is 4.74 Å². The summed E-state index contributed by atoms with van der Waals surface area (Å²) < 4.78 is 32.5. The maximum atomic E-state index is 13.6. The molecular weight excluding hydrogens is 538 g/mol. The highest BCUT2D eigenvalue weighted by molar-refractivity contribution is 8.14. The van der Waals surface area contributed by atoms with Crippen molar-refractivity contribution >= 4 is 34.6 Å². The van der Waals surface area contributed by atoms with Crippen LogP contribution in [0.4, 0.5) is 14.6 Å². The van der Waals surface area contributed by atoms with Gasteiger partial charge in [-0.2, -0.15) is 5.10 Å². The molecule has 12 heteroatoms. The normalized spacial score (nSPS) is 22.6. The number of fused-ring (bicyclic) bond motifs is 2. The van der Waals surface area contributed by atoms with Crippen molar-refractivity contribution in [2.24, 2.45) is 22.9 Å². The zero-order chi connectivity index (χ0) is 28.4. The molecule has 40 heavy (non-hydrogen) atoms. The molecule has 4 fully saturated rings. The summed E-state index contributed by atoms with van der Waals surface area (Å²) >= 11 is 1.28. The number of hydrazone groups is 1. The van der Waals surface area contributed by atoms with Gasteiger partial charge in [0.2, 0.25) is 5.91 Å². The number of rotatable bonds is 5. The fourth-order valence-corrected chi connectivity index (χ4v) is 5.51. The molecule has 0 aromatic carbocycles. The molecule has 2 bridgehead atoms. The Bertz CT molecular complexity index is 1400. The van der Waals surface area contributed by atoms with E-state index in [9.17, 15) is 18.4 Å². The molecule has 5 aliphatic rings. The number of amidine groups is 1. The summed E-state index contributed by atoms with van der Waals surface area (Å²) in [5.41, 5.74) is 3.08. The Kier molecular flexibility index (Phi) is 8.21. The molecule has 7 rings (SSSR count). The number of nitrogens with zero attached hydrogens (tertiary/aromatic N) is 4. The molecule has 5 heterocycles. The Morgan fingerprint density at radius 2 is 1.95 bits per heavy atom. The number of carbonyl (C=O) groups is 2. The maximum Gasteiger partial charge on any atom is 0.280 e. The number of piperidine rings is 2. The van der Waals surface area contributed by atoms with Gasteiger partial charge in [0.1, 0.15) is 17.3 Å². The molecule has 1 atom stereocenters. The van der Waals surface area contributed by atoms with Crippen molar-refractivity contribution < 1.29 is 23.1 Å². The number of ether oxygens (including phenoxy) is 1. The van der Waals surface area contributed by atoms with Gasteiger partial charge in [0, 0.05) is 35.7 Å². The van der Waals surface area contributed by atoms with Crippen molar-refractivity contribution in [2.45, 2.75) is 51.3 Å². The number of amides is 2. The zero-order valence-corrected chi connectivity index (χ0v) is 23.2. The smallest absolute Gasteiger partial charge is 0.280 e. The average Bonchev–Trinajstić information content (AvgIpc) is 3.68. The molecule has 2 aliphatic carbocycles. The lowest BCUT2D eigenvalue weighted by atomic mass is 9.70. The molecular formula is C28H30F2N6O3S. The number of carbonyl (C=O) groups excluding carboxylic acids is 2. The summed E-state index contributed by atoms with van der Waals surface area (Å²) in [6, 6.07) is 2.78. The fraction of sp³-hybridized carbons (Fsp3) is 0.464. The Morgan fingerprint density at radius 1 is 1.18 bits per heavy atom. The van der Waals surface area contributed by atoms with Crippen LogP contribution in [0.25, 0.3) is 11.1 Å². The first kappa shape index (κ1) is 27.8. The summed E-state index contributed by atoms with van der Waals surface area (Å²) in [5, 5.41) is 6.98. The second-order valence-electron chi connectivity index (χ2n) is 9.74. The van der Waals surface area contributed by atoms with Crippen LogP contribution in [0.15, 0.2) is 29.6 Å². The van der Waals surface area contributed by atoms with Crippen molar-refractivity contribution in [3.63, 3.8) is 0 Å². The molecule has 1 unspecified atom stereocenters. The number of hydrogen-bond acceptors (Lipinski definition) is 8. The molecule has 3 aliphatic heterocycles. The first-order valence-electron chi connectivity index (χ1n) is 13.4. The predicted octanol–water partition coefficient (Wildman–Crippen LogP) is 4.57. The van der Waals surface area contributed by atoms with Crippen LogP contribution >= 0.6 is 11.8 Å². The van der Waals surface area contributed by atoms with Gasteiger partial charge in [-0.3, -0.25) is 30.2 Å². The van der Waals surface area contributed by atoms with Crippen LogP contribution in [-0.2, 0) is 4.79 Å². The number of aromatic nitrogens is 2. The number of methoxy groups -OCH3 is 1. The van der Waals surface area contributed by atoms with Crippen LogP contribution in [0.5, 0.6) is 5.75 Å². The molecule has 9 nitrogen and oxygen atoms in total. The number of pyridine rings is 2. The molecule has 2 N–H and O–H groups in total. The summed E-state index contributed by atoms with van der Waals surface area (Å²) in [6.07, 6.45) is 3.69. The number of anilines is 1. The van der Waals surface area contributed by atoms with E-state index in [0.717, 1.165) is 25.7 Å². The SMILES string of the molecule is CC.COc1cnc(C(F)F)cc1-c1cc(N2CC3CC(C3)C2=O)ncc1C(=O)NC1=NNC(C#CC2CC2)S1. The van der Waals surface area contributed by atoms with Crippen molar-refractivity contribution in [2.75, 3.05) is 18.6 Å². The molecule has 2 aromatic rings. The number of alkyl halides is 2. The predicted molar refractivity (Wildman–Crippen MR) is 149 cm³/mol. The van der Waals surface area contributed by atoms with E-state index in [-0.39, 0.29) is 34.1 Å². The van der Waals surface area contributed by atoms with Gasteiger partial charge in [0.05, 0.1) is 18.9 Å². The van der Waals surface area contributed by atoms with Crippen molar-refractivity contribution in [1.82, 2.24) is 20.7 Å². The van der Waals surface area contributed by atoms with E-state index in [0.29, 0.717) is 34.9 Å². The highest BCUT2D eigenvalue weighted by Gasteiger charge is 2.44. The van der Waals surface area contributed by atoms with E-state index in [1.54, 1.807) is 11.0 Å². The van der Waals surface area contributed by atoms with E-state index in [2.05, 4.69) is 37.7 Å². The standard InChI is InChI=1S/C26H24F2N6O3S.C2H6/c1-37-20-11-29-19(23(27)28)8-17(20)16-9-21(34-12-14-6-15(7-14)25(34)36)30-10-18(16)24(35)31-26-33-32-22(38-26)5-4-13-2-3-13;1-2/h8-11,13-15,22-23,32H,2-3,6-7,12H2,1H3,(H,31,33,35);1-2H3. The quantitative estimate of drug-likeness (QED) is 0.509. The molecule has 210 valence electrons. The van der Waals surface area contributed by atoms with Gasteiger partial charge in [-0.05, 0) is 55.5 Å². The van der Waals surface area contributed by atoms with Crippen LogP contribution in [0.3, 0.4) is 0 Å². The second-order valence-corrected chi connectivity index (χ2v) is 10.8. The summed E-state index contributed by atoms with van der Waals surface area (Å²) in [7, 11) is 1.39. The molecule has 2 saturated heterocycles. The van der Waals surface area contributed by atoms with Gasteiger partial charge < -0.3 is 4.74 Å². The molecule has 0 radical (unpaired) electrons. The third kappa shape index (κ3) is 5.75. The number of hydrogen-bond donors (Lipinski definition) is 2. The Labute approximate surface area is 235 Å². The minimum atomic E-state index is -2.82. The minimum absolute atomic E-state index is 0.0146. The zero-order valence-electron chi connectivity index (χ0n) is 22.4.